The predicted octanol–water partition coefficient (Wildman–Crippen LogP) is 2.13. The van der Waals surface area contributed by atoms with Crippen LogP contribution in [0.1, 0.15) is 32.8 Å². The van der Waals surface area contributed by atoms with Gasteiger partial charge in [0.05, 0.1) is 36.1 Å². The number of hydrogen-bond donors (Lipinski definition) is 2. The third kappa shape index (κ3) is 5.31. The topological polar surface area (TPSA) is 129 Å². The van der Waals surface area contributed by atoms with Crippen LogP contribution in [0.4, 0.5) is 16.2 Å². The van der Waals surface area contributed by atoms with Crippen molar-refractivity contribution in [3.05, 3.63) is 33.9 Å². The predicted molar refractivity (Wildman–Crippen MR) is 98.4 cm³/mol. The third-order valence-electron chi connectivity index (χ3n) is 4.18. The number of anilines is 1. The molecule has 1 aliphatic heterocycles. The summed E-state index contributed by atoms with van der Waals surface area (Å²) in [5, 5.41) is 32.8. The fourth-order valence-electron chi connectivity index (χ4n) is 3.12. The molecule has 2 unspecified atom stereocenters. The van der Waals surface area contributed by atoms with Crippen LogP contribution in [0.15, 0.2) is 18.2 Å². The molecule has 0 aliphatic carbocycles. The van der Waals surface area contributed by atoms with Crippen molar-refractivity contribution in [2.45, 2.75) is 51.3 Å². The van der Waals surface area contributed by atoms with E-state index in [4.69, 9.17) is 10.00 Å². The highest BCUT2D eigenvalue weighted by molar-refractivity contribution is 5.69. The third-order valence-corrected chi connectivity index (χ3v) is 4.18. The first-order valence-corrected chi connectivity index (χ1v) is 8.66. The maximum Gasteiger partial charge on any atom is 0.407 e. The second kappa shape index (κ2) is 8.22. The summed E-state index contributed by atoms with van der Waals surface area (Å²) in [6.07, 6.45) is -0.0174. The zero-order valence-corrected chi connectivity index (χ0v) is 15.6. The number of amides is 1. The Morgan fingerprint density at radius 2 is 2.22 bits per heavy atom. The molecule has 1 aliphatic rings. The van der Waals surface area contributed by atoms with Crippen molar-refractivity contribution in [1.82, 2.24) is 5.32 Å². The first-order valence-electron chi connectivity index (χ1n) is 8.66. The van der Waals surface area contributed by atoms with Crippen LogP contribution in [0.2, 0.25) is 0 Å². The Morgan fingerprint density at radius 3 is 2.78 bits per heavy atom. The van der Waals surface area contributed by atoms with Gasteiger partial charge in [-0.25, -0.2) is 4.79 Å². The summed E-state index contributed by atoms with van der Waals surface area (Å²) in [4.78, 5) is 24.6. The standard InChI is InChI=1S/C18H24N4O5/c1-18(2,3)27-17(24)20-13-9-14(11-23)21(10-13)16-8-12(6-7-19)4-5-15(16)22(25)26/h4-5,8,13-14,23H,6,9-11H2,1-3H3,(H,20,24). The Labute approximate surface area is 157 Å². The van der Waals surface area contributed by atoms with E-state index in [1.165, 1.54) is 6.07 Å². The second-order valence-corrected chi connectivity index (χ2v) is 7.48. The molecule has 9 nitrogen and oxygen atoms in total. The number of ether oxygens (including phenoxy) is 1. The zero-order valence-electron chi connectivity index (χ0n) is 15.6. The minimum atomic E-state index is -0.636. The van der Waals surface area contributed by atoms with E-state index in [1.807, 2.05) is 6.07 Å². The number of alkyl carbamates (subject to hydrolysis) is 1. The van der Waals surface area contributed by atoms with Gasteiger partial charge in [0.2, 0.25) is 0 Å². The molecule has 0 saturated carbocycles. The molecule has 2 N–H and O–H groups in total. The van der Waals surface area contributed by atoms with E-state index < -0.39 is 16.6 Å². The van der Waals surface area contributed by atoms with Crippen LogP contribution < -0.4 is 10.2 Å². The maximum absolute atomic E-state index is 12.0. The number of nitrogens with one attached hydrogen (secondary N) is 1. The summed E-state index contributed by atoms with van der Waals surface area (Å²) in [7, 11) is 0. The smallest absolute Gasteiger partial charge is 0.407 e. The molecule has 146 valence electrons. The molecule has 0 aromatic heterocycles. The Balaban J connectivity index is 2.24. The van der Waals surface area contributed by atoms with Crippen LogP contribution in [0.5, 0.6) is 0 Å². The molecular weight excluding hydrogens is 352 g/mol. The molecule has 1 aromatic carbocycles. The number of benzene rings is 1. The van der Waals surface area contributed by atoms with Crippen molar-refractivity contribution in [2.24, 2.45) is 0 Å². The fourth-order valence-corrected chi connectivity index (χ4v) is 3.12. The van der Waals surface area contributed by atoms with Crippen LogP contribution >= 0.6 is 0 Å². The van der Waals surface area contributed by atoms with Gasteiger partial charge in [-0.15, -0.1) is 0 Å². The number of carbonyl (C=O) groups is 1. The Morgan fingerprint density at radius 1 is 1.52 bits per heavy atom. The van der Waals surface area contributed by atoms with Gasteiger partial charge in [-0.2, -0.15) is 5.26 Å². The van der Waals surface area contributed by atoms with Crippen LogP contribution in [0.3, 0.4) is 0 Å². The summed E-state index contributed by atoms with van der Waals surface area (Å²) in [5.74, 6) is 0. The van der Waals surface area contributed by atoms with Crippen molar-refractivity contribution < 1.29 is 19.6 Å². The van der Waals surface area contributed by atoms with E-state index in [0.717, 1.165) is 0 Å². The average molecular weight is 376 g/mol. The number of rotatable bonds is 5. The molecule has 9 heteroatoms. The van der Waals surface area contributed by atoms with Gasteiger partial charge in [0.25, 0.3) is 5.69 Å². The van der Waals surface area contributed by atoms with Crippen molar-refractivity contribution in [1.29, 1.82) is 5.26 Å². The summed E-state index contributed by atoms with van der Waals surface area (Å²) in [5.41, 5.74) is 0.245. The number of aliphatic hydroxyl groups excluding tert-OH is 1. The quantitative estimate of drug-likeness (QED) is 0.595. The molecular formula is C18H24N4O5. The first kappa shape index (κ1) is 20.5. The number of hydrogen-bond acceptors (Lipinski definition) is 7. The minimum absolute atomic E-state index is 0.104. The van der Waals surface area contributed by atoms with Gasteiger partial charge in [0, 0.05) is 12.6 Å². The van der Waals surface area contributed by atoms with Gasteiger partial charge >= 0.3 is 6.09 Å². The average Bonchev–Trinajstić information content (AvgIpc) is 2.95. The normalized spacial score (nSPS) is 19.4. The zero-order chi connectivity index (χ0) is 20.2. The van der Waals surface area contributed by atoms with Crippen LogP contribution in [-0.2, 0) is 11.2 Å². The molecule has 1 amide bonds. The molecule has 0 spiro atoms. The lowest BCUT2D eigenvalue weighted by Gasteiger charge is -2.25. The molecule has 0 bridgehead atoms. The molecule has 2 rings (SSSR count). The van der Waals surface area contributed by atoms with Gasteiger partial charge in [-0.05, 0) is 38.8 Å². The Hall–Kier alpha value is -2.86. The Bertz CT molecular complexity index is 753. The number of nitro benzene ring substituents is 1. The lowest BCUT2D eigenvalue weighted by Crippen LogP contribution is -2.40. The van der Waals surface area contributed by atoms with Crippen LogP contribution in [-0.4, -0.2) is 47.0 Å². The Kier molecular flexibility index (Phi) is 6.23. The van der Waals surface area contributed by atoms with E-state index >= 15 is 0 Å². The molecule has 1 saturated heterocycles. The van der Waals surface area contributed by atoms with Gasteiger partial charge in [0.15, 0.2) is 0 Å². The number of nitro groups is 1. The largest absolute Gasteiger partial charge is 0.444 e. The van der Waals surface area contributed by atoms with Crippen molar-refractivity contribution in [3.63, 3.8) is 0 Å². The number of carbonyl (C=O) groups excluding carboxylic acids is 1. The highest BCUT2D eigenvalue weighted by Crippen LogP contribution is 2.34. The van der Waals surface area contributed by atoms with Crippen LogP contribution in [0, 0.1) is 21.4 Å². The minimum Gasteiger partial charge on any atom is -0.444 e. The summed E-state index contributed by atoms with van der Waals surface area (Å²) < 4.78 is 5.25. The summed E-state index contributed by atoms with van der Waals surface area (Å²) >= 11 is 0. The van der Waals surface area contributed by atoms with Crippen molar-refractivity contribution in [2.75, 3.05) is 18.1 Å². The molecule has 27 heavy (non-hydrogen) atoms. The first-order chi connectivity index (χ1) is 12.6. The van der Waals surface area contributed by atoms with Gasteiger partial charge in [-0.1, -0.05) is 6.07 Å². The molecule has 0 radical (unpaired) electrons. The highest BCUT2D eigenvalue weighted by atomic mass is 16.6. The van der Waals surface area contributed by atoms with E-state index in [9.17, 15) is 20.0 Å². The summed E-state index contributed by atoms with van der Waals surface area (Å²) in [6.45, 7) is 5.35. The van der Waals surface area contributed by atoms with Crippen molar-refractivity contribution in [3.8, 4) is 6.07 Å². The van der Waals surface area contributed by atoms with E-state index in [1.54, 1.807) is 37.8 Å². The van der Waals surface area contributed by atoms with Gasteiger partial charge < -0.3 is 20.1 Å². The van der Waals surface area contributed by atoms with E-state index in [-0.39, 0.29) is 30.8 Å². The molecule has 1 heterocycles. The number of aliphatic hydroxyl groups is 1. The fraction of sp³-hybridized carbons (Fsp3) is 0.556. The van der Waals surface area contributed by atoms with Crippen LogP contribution in [0.25, 0.3) is 0 Å². The van der Waals surface area contributed by atoms with E-state index in [0.29, 0.717) is 24.2 Å². The SMILES string of the molecule is CC(C)(C)OC(=O)NC1CC(CO)N(c2cc(CC#N)ccc2[N+](=O)[O-])C1. The van der Waals surface area contributed by atoms with Crippen molar-refractivity contribution >= 4 is 17.5 Å². The lowest BCUT2D eigenvalue weighted by atomic mass is 10.1. The monoisotopic (exact) mass is 376 g/mol. The highest BCUT2D eigenvalue weighted by Gasteiger charge is 2.36. The number of nitriles is 1. The second-order valence-electron chi connectivity index (χ2n) is 7.48. The maximum atomic E-state index is 12.0. The molecule has 1 aromatic rings. The van der Waals surface area contributed by atoms with Gasteiger partial charge in [-0.3, -0.25) is 10.1 Å². The van der Waals surface area contributed by atoms with Gasteiger partial charge in [0.1, 0.15) is 11.3 Å². The van der Waals surface area contributed by atoms with E-state index in [2.05, 4.69) is 5.32 Å². The molecule has 1 fully saturated rings. The molecule has 2 atom stereocenters. The number of nitrogens with zero attached hydrogens (tertiary/aromatic N) is 3. The summed E-state index contributed by atoms with van der Waals surface area (Å²) in [6, 6.07) is 5.82. The lowest BCUT2D eigenvalue weighted by molar-refractivity contribution is -0.384.